The van der Waals surface area contributed by atoms with Crippen molar-refractivity contribution in [1.82, 2.24) is 46.6 Å². The summed E-state index contributed by atoms with van der Waals surface area (Å²) in [5.74, 6) is -7.79. The summed E-state index contributed by atoms with van der Waals surface area (Å²) in [6.45, 7) is -1.13. The Bertz CT molecular complexity index is 2710. The molecule has 10 atom stereocenters. The number of benzene rings is 1. The van der Waals surface area contributed by atoms with E-state index in [0.717, 1.165) is 4.90 Å². The molecule has 0 bridgehead atoms. The molecule has 0 saturated carbocycles. The Hall–Kier alpha value is -8.49. The SMILES string of the molecule is NC(N)=NCCC[C@H](NC(=O)[C@H](Cc1ccccc1)N1CC[C@@H](N[C@@H](CO)C(=O)N[C@@H](Cc2cccs2)C(=O)NCC(=O)N2CCC(O)[C@H]2C(=O)N2CCC[C@H]2C(=O)N[C@@H](CCCN=C(N)N)C(=O)N[C@@H](C=O)CCCN=C(N)N)C1=O)C(=O)O. The number of carbonyl (C=O) groups is 10. The van der Waals surface area contributed by atoms with E-state index < -0.39 is 127 Å². The van der Waals surface area contributed by atoms with Gasteiger partial charge in [0, 0.05) is 57.0 Å². The van der Waals surface area contributed by atoms with Crippen LogP contribution in [0, 0.1) is 0 Å². The first-order valence-electron chi connectivity index (χ1n) is 28.0. The highest BCUT2D eigenvalue weighted by Gasteiger charge is 2.47. The van der Waals surface area contributed by atoms with Crippen LogP contribution in [-0.2, 0) is 60.8 Å². The van der Waals surface area contributed by atoms with Crippen molar-refractivity contribution in [3.05, 3.63) is 58.3 Å². The van der Waals surface area contributed by atoms with Crippen LogP contribution in [0.5, 0.6) is 0 Å². The highest BCUT2D eigenvalue weighted by Crippen LogP contribution is 2.26. The normalized spacial score (nSPS) is 19.5. The van der Waals surface area contributed by atoms with E-state index >= 15 is 0 Å². The zero-order valence-electron chi connectivity index (χ0n) is 47.1. The number of nitrogens with two attached hydrogens (primary N) is 6. The Kier molecular flexibility index (Phi) is 26.7. The second-order valence-electron chi connectivity index (χ2n) is 20.7. The molecule has 1 unspecified atom stereocenters. The van der Waals surface area contributed by atoms with Crippen LogP contribution >= 0.6 is 11.3 Å². The van der Waals surface area contributed by atoms with Crippen LogP contribution in [-0.4, -0.2) is 220 Å². The molecule has 3 saturated heterocycles. The van der Waals surface area contributed by atoms with Gasteiger partial charge in [-0.1, -0.05) is 36.4 Å². The Labute approximate surface area is 494 Å². The number of carboxylic acid groups (broad SMARTS) is 1. The summed E-state index contributed by atoms with van der Waals surface area (Å²) in [5, 5.41) is 49.3. The van der Waals surface area contributed by atoms with Crippen molar-refractivity contribution in [2.75, 3.05) is 52.4 Å². The first kappa shape index (κ1) is 67.3. The first-order chi connectivity index (χ1) is 40.6. The van der Waals surface area contributed by atoms with Gasteiger partial charge >= 0.3 is 5.97 Å². The van der Waals surface area contributed by atoms with Crippen LogP contribution < -0.4 is 66.3 Å². The molecule has 3 aliphatic rings. The fourth-order valence-corrected chi connectivity index (χ4v) is 10.9. The number of likely N-dealkylation sites (tertiary alicyclic amines) is 3. The Morgan fingerprint density at radius 2 is 1.31 bits per heavy atom. The monoisotopic (exact) mass is 1210 g/mol. The molecule has 32 heteroatoms. The summed E-state index contributed by atoms with van der Waals surface area (Å²) < 4.78 is 0. The fourth-order valence-electron chi connectivity index (χ4n) is 10.2. The van der Waals surface area contributed by atoms with Crippen molar-refractivity contribution in [1.29, 1.82) is 0 Å². The average molecular weight is 1210 g/mol. The molecule has 8 amide bonds. The lowest BCUT2D eigenvalue weighted by molar-refractivity contribution is -0.149. The number of guanidine groups is 3. The van der Waals surface area contributed by atoms with Gasteiger partial charge in [0.25, 0.3) is 0 Å². The lowest BCUT2D eigenvalue weighted by atomic mass is 10.0. The van der Waals surface area contributed by atoms with Crippen molar-refractivity contribution in [2.45, 2.75) is 138 Å². The van der Waals surface area contributed by atoms with Gasteiger partial charge in [0.2, 0.25) is 47.3 Å². The van der Waals surface area contributed by atoms with Crippen LogP contribution in [0.15, 0.2) is 62.8 Å². The third kappa shape index (κ3) is 20.7. The number of nitrogens with one attached hydrogen (secondary N) is 6. The first-order valence-corrected chi connectivity index (χ1v) is 28.8. The summed E-state index contributed by atoms with van der Waals surface area (Å²) in [5.41, 5.74) is 33.1. The summed E-state index contributed by atoms with van der Waals surface area (Å²) in [6.07, 6.45) is 0.707. The molecule has 0 spiro atoms. The van der Waals surface area contributed by atoms with Crippen molar-refractivity contribution < 1.29 is 63.3 Å². The molecule has 3 fully saturated rings. The van der Waals surface area contributed by atoms with Gasteiger partial charge < -0.3 is 95.8 Å². The summed E-state index contributed by atoms with van der Waals surface area (Å²) in [4.78, 5) is 152. The summed E-state index contributed by atoms with van der Waals surface area (Å²) >= 11 is 1.28. The molecule has 1 aromatic heterocycles. The Morgan fingerprint density at radius 1 is 0.682 bits per heavy atom. The summed E-state index contributed by atoms with van der Waals surface area (Å²) in [6, 6.07) is 0.988. The third-order valence-electron chi connectivity index (χ3n) is 14.5. The van der Waals surface area contributed by atoms with E-state index in [9.17, 15) is 63.3 Å². The second-order valence-corrected chi connectivity index (χ2v) is 21.7. The van der Waals surface area contributed by atoms with Gasteiger partial charge in [0.15, 0.2) is 17.9 Å². The number of nitrogens with zero attached hydrogens (tertiary/aromatic N) is 6. The van der Waals surface area contributed by atoms with Crippen LogP contribution in [0.2, 0.25) is 0 Å². The molecule has 0 radical (unpaired) electrons. The maximum atomic E-state index is 14.4. The van der Waals surface area contributed by atoms with Gasteiger partial charge in [0.1, 0.15) is 48.6 Å². The largest absolute Gasteiger partial charge is 0.480 e. The minimum absolute atomic E-state index is 0.00967. The highest BCUT2D eigenvalue weighted by atomic mass is 32.1. The molecule has 2 aromatic rings. The van der Waals surface area contributed by atoms with Crippen molar-refractivity contribution in [2.24, 2.45) is 49.4 Å². The van der Waals surface area contributed by atoms with Crippen molar-refractivity contribution in [3.63, 3.8) is 0 Å². The number of carbonyl (C=O) groups excluding carboxylic acids is 9. The maximum Gasteiger partial charge on any atom is 0.326 e. The molecule has 31 nitrogen and oxygen atoms in total. The highest BCUT2D eigenvalue weighted by molar-refractivity contribution is 7.09. The molecule has 5 rings (SSSR count). The van der Waals surface area contributed by atoms with Crippen LogP contribution in [0.25, 0.3) is 0 Å². The lowest BCUT2D eigenvalue weighted by Gasteiger charge is -2.33. The van der Waals surface area contributed by atoms with E-state index in [-0.39, 0.29) is 121 Å². The molecule has 1 aromatic carbocycles. The lowest BCUT2D eigenvalue weighted by Crippen LogP contribution is -2.59. The van der Waals surface area contributed by atoms with Crippen LogP contribution in [0.1, 0.15) is 74.6 Å². The number of carboxylic acids is 1. The molecule has 85 heavy (non-hydrogen) atoms. The molecule has 4 heterocycles. The number of aliphatic imine (C=N–C) groups is 3. The van der Waals surface area contributed by atoms with Crippen LogP contribution in [0.3, 0.4) is 0 Å². The molecule has 0 aliphatic carbocycles. The van der Waals surface area contributed by atoms with E-state index in [1.165, 1.54) is 21.1 Å². The van der Waals surface area contributed by atoms with E-state index in [1.807, 2.05) is 0 Å². The number of aliphatic hydroxyl groups is 2. The second kappa shape index (κ2) is 33.7. The molecular formula is C53H80N18O13S. The zero-order chi connectivity index (χ0) is 62.2. The predicted molar refractivity (Wildman–Crippen MR) is 311 cm³/mol. The standard InChI is InChI=1S/C53H80N18O13S/c54-51(55)60-18-4-11-31(28-72)64-44(77)33(13-5-19-61-52(56)57)66-46(79)38-15-7-21-69(38)49(82)42-40(74)17-23-71(42)41(75)27-63-43(76)36(26-32-12-8-24-85-32)68-45(78)37(29-73)65-34-16-22-70(48(34)81)39(25-30-9-2-1-3-10-30)47(80)67-35(50(83)84)14-6-20-62-53(58)59/h1-3,8-10,12,24,28,31,33-40,42,65,73-74H,4-7,11,13-23,25-27,29H2,(H,63,76)(H,64,77)(H,66,79)(H,67,80)(H,68,78)(H,83,84)(H4,54,55,60)(H4,56,57,61)(H4,58,59,62)/t31-,33+,34-,35+,36+,37+,38+,39+,40?,42+/m1/s1. The topological polar surface area (TPSA) is 506 Å². The van der Waals surface area contributed by atoms with Crippen LogP contribution in [0.4, 0.5) is 0 Å². The Balaban J connectivity index is 1.23. The fraction of sp³-hybridized carbons (Fsp3) is 0.566. The van der Waals surface area contributed by atoms with Crippen molar-refractivity contribution in [3.8, 4) is 0 Å². The van der Waals surface area contributed by atoms with E-state index in [0.29, 0.717) is 29.6 Å². The third-order valence-corrected chi connectivity index (χ3v) is 15.4. The quantitative estimate of drug-likeness (QED) is 0.0134. The molecular weight excluding hydrogens is 1130 g/mol. The van der Waals surface area contributed by atoms with Crippen molar-refractivity contribution >= 4 is 88.7 Å². The molecule has 21 N–H and O–H groups in total. The van der Waals surface area contributed by atoms with Gasteiger partial charge in [-0.15, -0.1) is 11.3 Å². The number of aliphatic carboxylic acids is 1. The van der Waals surface area contributed by atoms with Gasteiger partial charge in [-0.2, -0.15) is 0 Å². The molecule has 3 aliphatic heterocycles. The van der Waals surface area contributed by atoms with E-state index in [1.54, 1.807) is 47.8 Å². The number of thiophene rings is 1. The van der Waals surface area contributed by atoms with E-state index in [2.05, 4.69) is 46.9 Å². The minimum atomic E-state index is -1.47. The zero-order valence-corrected chi connectivity index (χ0v) is 47.9. The van der Waals surface area contributed by atoms with Gasteiger partial charge in [-0.3, -0.25) is 58.7 Å². The average Bonchev–Trinajstić information content (AvgIpc) is 4.20. The number of rotatable bonds is 34. The van der Waals surface area contributed by atoms with E-state index in [4.69, 9.17) is 34.4 Å². The van der Waals surface area contributed by atoms with Gasteiger partial charge in [-0.25, -0.2) is 4.79 Å². The maximum absolute atomic E-state index is 14.4. The summed E-state index contributed by atoms with van der Waals surface area (Å²) in [7, 11) is 0. The minimum Gasteiger partial charge on any atom is -0.480 e. The number of amides is 8. The smallest absolute Gasteiger partial charge is 0.326 e. The number of hydrogen-bond acceptors (Lipinski definition) is 17. The van der Waals surface area contributed by atoms with Gasteiger partial charge in [0.05, 0.1) is 31.3 Å². The molecule has 466 valence electrons. The Morgan fingerprint density at radius 3 is 1.91 bits per heavy atom. The van der Waals surface area contributed by atoms with Gasteiger partial charge in [-0.05, 0) is 81.2 Å². The number of hydrogen-bond donors (Lipinski definition) is 15. The number of aldehydes is 1. The predicted octanol–water partition coefficient (Wildman–Crippen LogP) is -6.09. The number of aliphatic hydroxyl groups excluding tert-OH is 2.